The Kier molecular flexibility index (Phi) is 1.89. The molecule has 0 spiro atoms. The molecule has 0 saturated heterocycles. The maximum Gasteiger partial charge on any atom is 0.190 e. The molecule has 0 aliphatic heterocycles. The molecule has 0 bridgehead atoms. The van der Waals surface area contributed by atoms with Crippen molar-refractivity contribution in [3.05, 3.63) is 16.8 Å². The summed E-state index contributed by atoms with van der Waals surface area (Å²) < 4.78 is 21.3. The molecule has 0 radical (unpaired) electrons. The van der Waals surface area contributed by atoms with E-state index in [1.54, 1.807) is 25.3 Å². The topological polar surface area (TPSA) is 34.1 Å². The van der Waals surface area contributed by atoms with E-state index in [-0.39, 0.29) is 0 Å². The van der Waals surface area contributed by atoms with Gasteiger partial charge in [0, 0.05) is 5.38 Å². The second-order valence-corrected chi connectivity index (χ2v) is 5.71. The Bertz CT molecular complexity index is 274. The van der Waals surface area contributed by atoms with Gasteiger partial charge in [0.25, 0.3) is 0 Å². The first-order valence-corrected chi connectivity index (χ1v) is 6.06. The van der Waals surface area contributed by atoms with Crippen LogP contribution >= 0.6 is 19.8 Å². The molecular formula is C4H5O2PS2. The van der Waals surface area contributed by atoms with Crippen molar-refractivity contribution < 1.29 is 8.42 Å². The van der Waals surface area contributed by atoms with E-state index in [4.69, 9.17) is 0 Å². The SMILES string of the molecule is O=S(=O)(P)c1ccsc1. The van der Waals surface area contributed by atoms with Crippen LogP contribution in [0.3, 0.4) is 0 Å². The third kappa shape index (κ3) is 1.75. The summed E-state index contributed by atoms with van der Waals surface area (Å²) in [6, 6.07) is 1.58. The lowest BCUT2D eigenvalue weighted by molar-refractivity contribution is 0.611. The third-order valence-corrected chi connectivity index (χ3v) is 3.38. The van der Waals surface area contributed by atoms with Crippen LogP contribution in [0.4, 0.5) is 0 Å². The van der Waals surface area contributed by atoms with Gasteiger partial charge in [-0.15, -0.1) is 0 Å². The summed E-state index contributed by atoms with van der Waals surface area (Å²) in [5, 5.41) is 3.33. The van der Waals surface area contributed by atoms with Crippen molar-refractivity contribution in [2.24, 2.45) is 0 Å². The summed E-state index contributed by atoms with van der Waals surface area (Å²) in [6.45, 7) is 0. The van der Waals surface area contributed by atoms with Gasteiger partial charge in [0.1, 0.15) is 0 Å². The van der Waals surface area contributed by atoms with Gasteiger partial charge in [-0.1, -0.05) is 0 Å². The van der Waals surface area contributed by atoms with Gasteiger partial charge in [-0.25, -0.2) is 8.42 Å². The second kappa shape index (κ2) is 2.37. The van der Waals surface area contributed by atoms with E-state index in [2.05, 4.69) is 0 Å². The Labute approximate surface area is 59.8 Å². The molecule has 1 rings (SSSR count). The van der Waals surface area contributed by atoms with Crippen molar-refractivity contribution in [2.75, 3.05) is 0 Å². The fraction of sp³-hybridized carbons (Fsp3) is 0. The Hall–Kier alpha value is 0.0800. The first-order chi connectivity index (χ1) is 4.11. The zero-order chi connectivity index (χ0) is 6.91. The van der Waals surface area contributed by atoms with Crippen LogP contribution in [0.15, 0.2) is 21.7 Å². The lowest BCUT2D eigenvalue weighted by Gasteiger charge is -1.86. The van der Waals surface area contributed by atoms with Crippen molar-refractivity contribution in [1.82, 2.24) is 0 Å². The molecule has 0 aliphatic carbocycles. The van der Waals surface area contributed by atoms with Gasteiger partial charge < -0.3 is 0 Å². The summed E-state index contributed by atoms with van der Waals surface area (Å²) in [5.74, 6) is 0. The summed E-state index contributed by atoms with van der Waals surface area (Å²) in [4.78, 5) is 0.373. The van der Waals surface area contributed by atoms with Crippen LogP contribution in [0.1, 0.15) is 0 Å². The summed E-state index contributed by atoms with van der Waals surface area (Å²) in [5.41, 5.74) is 0. The largest absolute Gasteiger partial charge is 0.220 e. The average Bonchev–Trinajstić information content (AvgIpc) is 2.08. The highest BCUT2D eigenvalue weighted by Crippen LogP contribution is 2.18. The van der Waals surface area contributed by atoms with Gasteiger partial charge in [-0.05, 0) is 19.9 Å². The quantitative estimate of drug-likeness (QED) is 0.610. The average molecular weight is 180 g/mol. The molecule has 1 unspecified atom stereocenters. The van der Waals surface area contributed by atoms with Crippen molar-refractivity contribution in [3.63, 3.8) is 0 Å². The molecule has 1 heterocycles. The van der Waals surface area contributed by atoms with E-state index in [0.717, 1.165) is 0 Å². The Morgan fingerprint density at radius 2 is 2.22 bits per heavy atom. The minimum atomic E-state index is -3.03. The van der Waals surface area contributed by atoms with Crippen LogP contribution in [-0.2, 0) is 9.46 Å². The Morgan fingerprint density at radius 3 is 2.44 bits per heavy atom. The van der Waals surface area contributed by atoms with Crippen molar-refractivity contribution in [3.8, 4) is 0 Å². The molecule has 0 saturated carbocycles. The minimum Gasteiger partial charge on any atom is -0.220 e. The smallest absolute Gasteiger partial charge is 0.190 e. The maximum atomic E-state index is 10.7. The summed E-state index contributed by atoms with van der Waals surface area (Å²) in [6.07, 6.45) is 0. The number of thiophene rings is 1. The predicted molar refractivity (Wildman–Crippen MR) is 41.2 cm³/mol. The zero-order valence-electron chi connectivity index (χ0n) is 4.44. The van der Waals surface area contributed by atoms with Crippen LogP contribution in [0.25, 0.3) is 0 Å². The highest BCUT2D eigenvalue weighted by molar-refractivity contribution is 8.37. The van der Waals surface area contributed by atoms with Gasteiger partial charge in [0.15, 0.2) is 9.46 Å². The highest BCUT2D eigenvalue weighted by atomic mass is 32.7. The molecule has 1 aromatic heterocycles. The number of hydrogen-bond acceptors (Lipinski definition) is 3. The number of rotatable bonds is 1. The zero-order valence-corrected chi connectivity index (χ0v) is 7.23. The fourth-order valence-electron chi connectivity index (χ4n) is 0.414. The lowest BCUT2D eigenvalue weighted by atomic mass is 10.7. The van der Waals surface area contributed by atoms with Gasteiger partial charge in [0.05, 0.1) is 4.90 Å². The molecule has 0 aliphatic rings. The molecule has 0 amide bonds. The maximum absolute atomic E-state index is 10.7. The van der Waals surface area contributed by atoms with Gasteiger partial charge in [-0.2, -0.15) is 11.3 Å². The highest BCUT2D eigenvalue weighted by Gasteiger charge is 2.04. The first-order valence-electron chi connectivity index (χ1n) is 2.16. The third-order valence-electron chi connectivity index (χ3n) is 0.824. The lowest BCUT2D eigenvalue weighted by Crippen LogP contribution is -1.83. The van der Waals surface area contributed by atoms with Crippen molar-refractivity contribution in [1.29, 1.82) is 0 Å². The Balaban J connectivity index is 3.20. The molecule has 0 fully saturated rings. The second-order valence-electron chi connectivity index (χ2n) is 1.50. The molecule has 2 nitrogen and oxygen atoms in total. The number of hydrogen-bond donors (Lipinski definition) is 0. The van der Waals surface area contributed by atoms with Crippen molar-refractivity contribution >= 4 is 29.2 Å². The van der Waals surface area contributed by atoms with Crippen LogP contribution in [0.5, 0.6) is 0 Å². The molecular weight excluding hydrogens is 175 g/mol. The van der Waals surface area contributed by atoms with Crippen LogP contribution in [0, 0.1) is 0 Å². The standard InChI is InChI=1S/C4H5O2PS2/c5-9(6,7)4-1-2-8-3-4/h1-3H,7H2. The van der Waals surface area contributed by atoms with E-state index in [0.29, 0.717) is 4.90 Å². The van der Waals surface area contributed by atoms with Crippen LogP contribution in [-0.4, -0.2) is 8.42 Å². The van der Waals surface area contributed by atoms with Crippen LogP contribution in [0.2, 0.25) is 0 Å². The molecule has 5 heteroatoms. The fourth-order valence-corrected chi connectivity index (χ4v) is 2.71. The molecule has 1 aromatic rings. The Morgan fingerprint density at radius 1 is 1.56 bits per heavy atom. The van der Waals surface area contributed by atoms with Crippen molar-refractivity contribution in [2.45, 2.75) is 4.90 Å². The summed E-state index contributed by atoms with van der Waals surface area (Å²) in [7, 11) is -1.23. The van der Waals surface area contributed by atoms with E-state index in [9.17, 15) is 8.42 Å². The van der Waals surface area contributed by atoms with E-state index in [1.165, 1.54) is 11.3 Å². The van der Waals surface area contributed by atoms with E-state index < -0.39 is 9.46 Å². The molecule has 9 heavy (non-hydrogen) atoms. The van der Waals surface area contributed by atoms with Crippen LogP contribution < -0.4 is 0 Å². The molecule has 0 N–H and O–H groups in total. The normalized spacial score (nSPS) is 11.7. The van der Waals surface area contributed by atoms with Gasteiger partial charge >= 0.3 is 0 Å². The minimum absolute atomic E-state index is 0.373. The predicted octanol–water partition coefficient (Wildman–Crippen LogP) is 1.31. The first kappa shape index (κ1) is 7.19. The molecule has 50 valence electrons. The van der Waals surface area contributed by atoms with E-state index >= 15 is 0 Å². The van der Waals surface area contributed by atoms with Gasteiger partial charge in [0.2, 0.25) is 0 Å². The van der Waals surface area contributed by atoms with Gasteiger partial charge in [-0.3, -0.25) is 0 Å². The summed E-state index contributed by atoms with van der Waals surface area (Å²) >= 11 is 1.37. The monoisotopic (exact) mass is 180 g/mol. The molecule has 0 aromatic carbocycles. The van der Waals surface area contributed by atoms with E-state index in [1.807, 2.05) is 0 Å². The molecule has 1 atom stereocenters.